The van der Waals surface area contributed by atoms with Gasteiger partial charge in [-0.15, -0.1) is 0 Å². The number of nitrogens with one attached hydrogen (secondary N) is 1. The minimum Gasteiger partial charge on any atom is -0.480 e. The van der Waals surface area contributed by atoms with Gasteiger partial charge in [0.25, 0.3) is 0 Å². The number of hydrogen-bond donors (Lipinski definition) is 2. The third-order valence-electron chi connectivity index (χ3n) is 2.51. The zero-order chi connectivity index (χ0) is 12.2. The molecule has 0 radical (unpaired) electrons. The first-order valence-electron chi connectivity index (χ1n) is 5.21. The van der Waals surface area contributed by atoms with Gasteiger partial charge >= 0.3 is 5.97 Å². The van der Waals surface area contributed by atoms with Crippen molar-refractivity contribution in [3.8, 4) is 0 Å². The van der Waals surface area contributed by atoms with Crippen LogP contribution in [0.15, 0.2) is 28.7 Å². The largest absolute Gasteiger partial charge is 0.480 e. The Bertz CT molecular complexity index is 364. The summed E-state index contributed by atoms with van der Waals surface area (Å²) in [5.74, 6) is -0.822. The average molecular weight is 286 g/mol. The second-order valence-electron chi connectivity index (χ2n) is 3.97. The van der Waals surface area contributed by atoms with Crippen molar-refractivity contribution in [2.75, 3.05) is 6.54 Å². The Labute approximate surface area is 104 Å². The number of halogens is 1. The van der Waals surface area contributed by atoms with Gasteiger partial charge in [0, 0.05) is 10.9 Å². The van der Waals surface area contributed by atoms with E-state index in [0.717, 1.165) is 10.0 Å². The molecule has 0 aliphatic rings. The SMILES string of the molecule is CCNC(C)(Cc1ccc(Br)cc1)C(=O)O. The van der Waals surface area contributed by atoms with Crippen molar-refractivity contribution >= 4 is 21.9 Å². The molecule has 4 heteroatoms. The van der Waals surface area contributed by atoms with Gasteiger partial charge < -0.3 is 10.4 Å². The van der Waals surface area contributed by atoms with Crippen molar-refractivity contribution < 1.29 is 9.90 Å². The van der Waals surface area contributed by atoms with E-state index in [1.54, 1.807) is 6.92 Å². The van der Waals surface area contributed by atoms with Crippen LogP contribution in [-0.2, 0) is 11.2 Å². The minimum absolute atomic E-state index is 0.476. The molecule has 3 nitrogen and oxygen atoms in total. The molecule has 0 amide bonds. The van der Waals surface area contributed by atoms with Crippen LogP contribution in [0.25, 0.3) is 0 Å². The van der Waals surface area contributed by atoms with Gasteiger partial charge in [0.2, 0.25) is 0 Å². The van der Waals surface area contributed by atoms with E-state index < -0.39 is 11.5 Å². The van der Waals surface area contributed by atoms with Crippen molar-refractivity contribution in [3.63, 3.8) is 0 Å². The number of likely N-dealkylation sites (N-methyl/N-ethyl adjacent to an activating group) is 1. The van der Waals surface area contributed by atoms with Crippen LogP contribution in [0, 0.1) is 0 Å². The Kier molecular flexibility index (Phi) is 4.50. The summed E-state index contributed by atoms with van der Waals surface area (Å²) in [5.41, 5.74) is 0.108. The molecule has 1 atom stereocenters. The van der Waals surface area contributed by atoms with Crippen LogP contribution in [0.2, 0.25) is 0 Å². The molecule has 0 aromatic heterocycles. The third-order valence-corrected chi connectivity index (χ3v) is 3.04. The Morgan fingerprint density at radius 1 is 1.44 bits per heavy atom. The fourth-order valence-corrected chi connectivity index (χ4v) is 1.88. The second-order valence-corrected chi connectivity index (χ2v) is 4.89. The maximum Gasteiger partial charge on any atom is 0.323 e. The smallest absolute Gasteiger partial charge is 0.323 e. The zero-order valence-electron chi connectivity index (χ0n) is 9.46. The maximum atomic E-state index is 11.2. The molecule has 1 aromatic rings. The van der Waals surface area contributed by atoms with E-state index in [1.807, 2.05) is 31.2 Å². The first kappa shape index (κ1) is 13.2. The van der Waals surface area contributed by atoms with Crippen molar-refractivity contribution in [3.05, 3.63) is 34.3 Å². The van der Waals surface area contributed by atoms with E-state index in [-0.39, 0.29) is 0 Å². The fraction of sp³-hybridized carbons (Fsp3) is 0.417. The highest BCUT2D eigenvalue weighted by atomic mass is 79.9. The van der Waals surface area contributed by atoms with Crippen LogP contribution >= 0.6 is 15.9 Å². The summed E-state index contributed by atoms with van der Waals surface area (Å²) in [6, 6.07) is 7.71. The van der Waals surface area contributed by atoms with E-state index in [1.165, 1.54) is 0 Å². The lowest BCUT2D eigenvalue weighted by atomic mass is 9.93. The monoisotopic (exact) mass is 285 g/mol. The molecule has 0 heterocycles. The van der Waals surface area contributed by atoms with Gasteiger partial charge in [0.05, 0.1) is 0 Å². The van der Waals surface area contributed by atoms with Crippen LogP contribution < -0.4 is 5.32 Å². The molecule has 88 valence electrons. The minimum atomic E-state index is -0.900. The van der Waals surface area contributed by atoms with Crippen molar-refractivity contribution in [2.24, 2.45) is 0 Å². The first-order chi connectivity index (χ1) is 7.48. The molecular weight excluding hydrogens is 270 g/mol. The van der Waals surface area contributed by atoms with Gasteiger partial charge in [-0.1, -0.05) is 35.0 Å². The third kappa shape index (κ3) is 3.32. The molecule has 0 aliphatic heterocycles. The summed E-state index contributed by atoms with van der Waals surface area (Å²) in [5, 5.41) is 12.2. The summed E-state index contributed by atoms with van der Waals surface area (Å²) in [6.45, 7) is 4.25. The van der Waals surface area contributed by atoms with Crippen molar-refractivity contribution in [1.29, 1.82) is 0 Å². The summed E-state index contributed by atoms with van der Waals surface area (Å²) >= 11 is 3.35. The number of carboxylic acids is 1. The van der Waals surface area contributed by atoms with Crippen LogP contribution in [-0.4, -0.2) is 23.2 Å². The van der Waals surface area contributed by atoms with Gasteiger partial charge in [0.15, 0.2) is 0 Å². The van der Waals surface area contributed by atoms with Crippen LogP contribution in [0.1, 0.15) is 19.4 Å². The normalized spacial score (nSPS) is 14.4. The van der Waals surface area contributed by atoms with Crippen LogP contribution in [0.5, 0.6) is 0 Å². The van der Waals surface area contributed by atoms with Crippen molar-refractivity contribution in [1.82, 2.24) is 5.32 Å². The zero-order valence-corrected chi connectivity index (χ0v) is 11.0. The van der Waals surface area contributed by atoms with Crippen molar-refractivity contribution in [2.45, 2.75) is 25.8 Å². The molecule has 0 aliphatic carbocycles. The molecule has 1 aromatic carbocycles. The molecule has 2 N–H and O–H groups in total. The first-order valence-corrected chi connectivity index (χ1v) is 6.00. The Morgan fingerprint density at radius 3 is 2.44 bits per heavy atom. The number of carbonyl (C=O) groups is 1. The summed E-state index contributed by atoms with van der Waals surface area (Å²) < 4.78 is 0.997. The summed E-state index contributed by atoms with van der Waals surface area (Å²) in [7, 11) is 0. The lowest BCUT2D eigenvalue weighted by molar-refractivity contribution is -0.144. The molecule has 1 rings (SSSR count). The number of carboxylic acid groups (broad SMARTS) is 1. The van der Waals surface area contributed by atoms with Gasteiger partial charge in [-0.05, 0) is 31.2 Å². The standard InChI is InChI=1S/C12H16BrNO2/c1-3-14-12(2,11(15)16)8-9-4-6-10(13)7-5-9/h4-7,14H,3,8H2,1-2H3,(H,15,16). The Morgan fingerprint density at radius 2 is 2.00 bits per heavy atom. The molecule has 1 unspecified atom stereocenters. The molecule has 0 fully saturated rings. The molecular formula is C12H16BrNO2. The van der Waals surface area contributed by atoms with E-state index in [2.05, 4.69) is 21.2 Å². The number of rotatable bonds is 5. The fourth-order valence-electron chi connectivity index (χ4n) is 1.61. The average Bonchev–Trinajstić information content (AvgIpc) is 2.22. The number of aliphatic carboxylic acids is 1. The van der Waals surface area contributed by atoms with E-state index in [4.69, 9.17) is 0 Å². The molecule has 16 heavy (non-hydrogen) atoms. The van der Waals surface area contributed by atoms with Gasteiger partial charge in [-0.2, -0.15) is 0 Å². The van der Waals surface area contributed by atoms with E-state index in [0.29, 0.717) is 13.0 Å². The summed E-state index contributed by atoms with van der Waals surface area (Å²) in [6.07, 6.45) is 0.476. The van der Waals surface area contributed by atoms with Crippen LogP contribution in [0.4, 0.5) is 0 Å². The maximum absolute atomic E-state index is 11.2. The quantitative estimate of drug-likeness (QED) is 0.874. The predicted octanol–water partition coefficient (Wildman–Crippen LogP) is 2.44. The summed E-state index contributed by atoms with van der Waals surface area (Å²) in [4.78, 5) is 11.2. The van der Waals surface area contributed by atoms with Gasteiger partial charge in [-0.25, -0.2) is 0 Å². The number of hydrogen-bond acceptors (Lipinski definition) is 2. The van der Waals surface area contributed by atoms with Crippen LogP contribution in [0.3, 0.4) is 0 Å². The topological polar surface area (TPSA) is 49.3 Å². The highest BCUT2D eigenvalue weighted by molar-refractivity contribution is 9.10. The highest BCUT2D eigenvalue weighted by Gasteiger charge is 2.31. The highest BCUT2D eigenvalue weighted by Crippen LogP contribution is 2.16. The Balaban J connectivity index is 2.83. The predicted molar refractivity (Wildman–Crippen MR) is 67.6 cm³/mol. The molecule has 0 saturated heterocycles. The molecule has 0 saturated carbocycles. The second kappa shape index (κ2) is 5.46. The van der Waals surface area contributed by atoms with E-state index >= 15 is 0 Å². The molecule has 0 spiro atoms. The Hall–Kier alpha value is -0.870. The van der Waals surface area contributed by atoms with Gasteiger partial charge in [0.1, 0.15) is 5.54 Å². The van der Waals surface area contributed by atoms with Gasteiger partial charge in [-0.3, -0.25) is 4.79 Å². The van der Waals surface area contributed by atoms with E-state index in [9.17, 15) is 9.90 Å². The lowest BCUT2D eigenvalue weighted by Crippen LogP contribution is -2.51. The number of benzene rings is 1. The molecule has 0 bridgehead atoms. The lowest BCUT2D eigenvalue weighted by Gasteiger charge is -2.25.